The molecule has 1 aromatic carbocycles. The number of benzene rings is 1. The first-order valence-corrected chi connectivity index (χ1v) is 6.04. The van der Waals surface area contributed by atoms with E-state index >= 15 is 0 Å². The van der Waals surface area contributed by atoms with Crippen molar-refractivity contribution in [2.24, 2.45) is 0 Å². The van der Waals surface area contributed by atoms with Crippen LogP contribution in [0.15, 0.2) is 29.2 Å². The van der Waals surface area contributed by atoms with E-state index in [9.17, 15) is 0 Å². The monoisotopic (exact) mass is 230 g/mol. The van der Waals surface area contributed by atoms with Crippen molar-refractivity contribution < 1.29 is 10.0 Å². The molecule has 3 N–H and O–H groups in total. The summed E-state index contributed by atoms with van der Waals surface area (Å²) >= 11 is 0.801. The smallest absolute Gasteiger partial charge is 0.0351 e. The SMILES string of the molecule is CC.CCCCc1ccc(SO)cc1.O. The molecule has 2 nitrogen and oxygen atoms in total. The van der Waals surface area contributed by atoms with Crippen molar-refractivity contribution >= 4 is 12.0 Å². The van der Waals surface area contributed by atoms with Gasteiger partial charge in [-0.1, -0.05) is 39.3 Å². The van der Waals surface area contributed by atoms with Crippen LogP contribution in [0.1, 0.15) is 39.2 Å². The largest absolute Gasteiger partial charge is 0.412 e. The molecule has 0 atom stereocenters. The van der Waals surface area contributed by atoms with E-state index in [2.05, 4.69) is 19.1 Å². The number of rotatable bonds is 4. The van der Waals surface area contributed by atoms with Gasteiger partial charge in [0.15, 0.2) is 0 Å². The fourth-order valence-electron chi connectivity index (χ4n) is 1.10. The minimum atomic E-state index is 0. The van der Waals surface area contributed by atoms with Gasteiger partial charge in [-0.2, -0.15) is 0 Å². The fraction of sp³-hybridized carbons (Fsp3) is 0.500. The summed E-state index contributed by atoms with van der Waals surface area (Å²) in [5, 5.41) is 0. The Morgan fingerprint density at radius 1 is 1.13 bits per heavy atom. The van der Waals surface area contributed by atoms with E-state index in [1.54, 1.807) is 0 Å². The van der Waals surface area contributed by atoms with Crippen molar-refractivity contribution in [3.05, 3.63) is 29.8 Å². The van der Waals surface area contributed by atoms with Gasteiger partial charge in [-0.3, -0.25) is 0 Å². The topological polar surface area (TPSA) is 51.7 Å². The van der Waals surface area contributed by atoms with Gasteiger partial charge in [0.25, 0.3) is 0 Å². The highest BCUT2D eigenvalue weighted by molar-refractivity contribution is 7.93. The van der Waals surface area contributed by atoms with Crippen molar-refractivity contribution in [2.45, 2.75) is 44.9 Å². The van der Waals surface area contributed by atoms with E-state index in [1.165, 1.54) is 18.4 Å². The Morgan fingerprint density at radius 2 is 1.67 bits per heavy atom. The quantitative estimate of drug-likeness (QED) is 0.800. The Bertz CT molecular complexity index is 222. The molecule has 1 aromatic rings. The van der Waals surface area contributed by atoms with Crippen molar-refractivity contribution in [3.8, 4) is 0 Å². The first-order valence-electron chi connectivity index (χ1n) is 5.27. The summed E-state index contributed by atoms with van der Waals surface area (Å²) < 4.78 is 8.72. The Labute approximate surface area is 97.2 Å². The maximum absolute atomic E-state index is 8.72. The lowest BCUT2D eigenvalue weighted by molar-refractivity contribution is 0.663. The minimum Gasteiger partial charge on any atom is -0.412 e. The van der Waals surface area contributed by atoms with Crippen molar-refractivity contribution in [3.63, 3.8) is 0 Å². The summed E-state index contributed by atoms with van der Waals surface area (Å²) in [6.45, 7) is 6.19. The van der Waals surface area contributed by atoms with Crippen LogP contribution in [0.25, 0.3) is 0 Å². The number of hydrogen-bond acceptors (Lipinski definition) is 2. The lowest BCUT2D eigenvalue weighted by Crippen LogP contribution is -1.83. The van der Waals surface area contributed by atoms with Crippen molar-refractivity contribution in [2.75, 3.05) is 0 Å². The summed E-state index contributed by atoms with van der Waals surface area (Å²) in [4.78, 5) is 0.912. The van der Waals surface area contributed by atoms with Crippen LogP contribution in [0.2, 0.25) is 0 Å². The Morgan fingerprint density at radius 3 is 2.07 bits per heavy atom. The summed E-state index contributed by atoms with van der Waals surface area (Å²) in [5.74, 6) is 0. The van der Waals surface area contributed by atoms with E-state index in [4.69, 9.17) is 4.55 Å². The van der Waals surface area contributed by atoms with Gasteiger partial charge in [0.05, 0.1) is 0 Å². The van der Waals surface area contributed by atoms with Gasteiger partial charge < -0.3 is 10.0 Å². The first-order chi connectivity index (χ1) is 6.86. The lowest BCUT2D eigenvalue weighted by atomic mass is 10.1. The molecular formula is C12H22O2S. The molecule has 0 saturated carbocycles. The molecule has 1 rings (SSSR count). The zero-order valence-corrected chi connectivity index (χ0v) is 10.6. The fourth-order valence-corrected chi connectivity index (χ4v) is 1.36. The second-order valence-corrected chi connectivity index (χ2v) is 3.49. The third-order valence-electron chi connectivity index (χ3n) is 1.85. The first kappa shape index (κ1) is 16.9. The van der Waals surface area contributed by atoms with Gasteiger partial charge in [-0.25, -0.2) is 0 Å². The van der Waals surface area contributed by atoms with Crippen LogP contribution in [-0.4, -0.2) is 10.0 Å². The average Bonchev–Trinajstić information content (AvgIpc) is 2.30. The number of hydrogen-bond donors (Lipinski definition) is 1. The molecule has 0 unspecified atom stereocenters. The van der Waals surface area contributed by atoms with Crippen molar-refractivity contribution in [1.82, 2.24) is 0 Å². The second kappa shape index (κ2) is 11.6. The molecule has 0 radical (unpaired) electrons. The molecule has 0 spiro atoms. The molecular weight excluding hydrogens is 208 g/mol. The van der Waals surface area contributed by atoms with Crippen LogP contribution in [0.5, 0.6) is 0 Å². The Balaban J connectivity index is 0. The second-order valence-electron chi connectivity index (χ2n) is 2.84. The summed E-state index contributed by atoms with van der Waals surface area (Å²) in [6.07, 6.45) is 3.62. The highest BCUT2D eigenvalue weighted by Crippen LogP contribution is 2.15. The number of unbranched alkanes of at least 4 members (excludes halogenated alkanes) is 1. The van der Waals surface area contributed by atoms with E-state index in [0.29, 0.717) is 0 Å². The Kier molecular flexibility index (Phi) is 13.0. The molecule has 0 heterocycles. The third kappa shape index (κ3) is 7.42. The van der Waals surface area contributed by atoms with Crippen molar-refractivity contribution in [1.29, 1.82) is 0 Å². The van der Waals surface area contributed by atoms with Crippen LogP contribution in [0.3, 0.4) is 0 Å². The lowest BCUT2D eigenvalue weighted by Gasteiger charge is -1.99. The van der Waals surface area contributed by atoms with Gasteiger partial charge in [-0.05, 0) is 30.5 Å². The molecule has 88 valence electrons. The molecule has 0 aliphatic heterocycles. The van der Waals surface area contributed by atoms with E-state index in [0.717, 1.165) is 23.4 Å². The van der Waals surface area contributed by atoms with E-state index < -0.39 is 0 Å². The highest BCUT2D eigenvalue weighted by Gasteiger charge is 1.93. The van der Waals surface area contributed by atoms with Crippen LogP contribution < -0.4 is 0 Å². The zero-order chi connectivity index (χ0) is 10.8. The maximum Gasteiger partial charge on any atom is 0.0351 e. The average molecular weight is 230 g/mol. The standard InChI is InChI=1S/C10H14OS.C2H6.H2O/c1-2-3-4-9-5-7-10(12-11)8-6-9;1-2;/h5-8,11H,2-4H2,1H3;1-2H3;1H2. The normalized spacial score (nSPS) is 8.53. The zero-order valence-electron chi connectivity index (χ0n) is 9.79. The predicted octanol–water partition coefficient (Wildman–Crippen LogP) is 3.80. The summed E-state index contributed by atoms with van der Waals surface area (Å²) in [6, 6.07) is 8.06. The molecule has 0 saturated heterocycles. The third-order valence-corrected chi connectivity index (χ3v) is 2.33. The summed E-state index contributed by atoms with van der Waals surface area (Å²) in [7, 11) is 0. The minimum absolute atomic E-state index is 0. The highest BCUT2D eigenvalue weighted by atomic mass is 32.2. The van der Waals surface area contributed by atoms with Crippen LogP contribution in [-0.2, 0) is 6.42 Å². The molecule has 0 aliphatic carbocycles. The Hall–Kier alpha value is -0.510. The van der Waals surface area contributed by atoms with Gasteiger partial charge in [0.2, 0.25) is 0 Å². The van der Waals surface area contributed by atoms with E-state index in [-0.39, 0.29) is 5.48 Å². The maximum atomic E-state index is 8.72. The van der Waals surface area contributed by atoms with Gasteiger partial charge in [-0.15, -0.1) is 0 Å². The molecule has 0 aromatic heterocycles. The molecule has 0 bridgehead atoms. The molecule has 0 aliphatic rings. The molecule has 0 amide bonds. The number of aryl methyl sites for hydroxylation is 1. The molecule has 0 fully saturated rings. The van der Waals surface area contributed by atoms with Gasteiger partial charge >= 0.3 is 0 Å². The van der Waals surface area contributed by atoms with Crippen LogP contribution >= 0.6 is 12.0 Å². The van der Waals surface area contributed by atoms with E-state index in [1.807, 2.05) is 26.0 Å². The summed E-state index contributed by atoms with van der Waals surface area (Å²) in [5.41, 5.74) is 1.36. The van der Waals surface area contributed by atoms with Gasteiger partial charge in [0, 0.05) is 16.9 Å². The van der Waals surface area contributed by atoms with Crippen LogP contribution in [0.4, 0.5) is 0 Å². The van der Waals surface area contributed by atoms with Gasteiger partial charge in [0.1, 0.15) is 0 Å². The molecule has 15 heavy (non-hydrogen) atoms. The van der Waals surface area contributed by atoms with Crippen LogP contribution in [0, 0.1) is 0 Å². The molecule has 3 heteroatoms. The predicted molar refractivity (Wildman–Crippen MR) is 68.5 cm³/mol.